The van der Waals surface area contributed by atoms with Crippen LogP contribution in [0.1, 0.15) is 32.0 Å². The number of halogens is 1. The second-order valence-corrected chi connectivity index (χ2v) is 5.12. The molecule has 1 aromatic heterocycles. The first kappa shape index (κ1) is 10.2. The maximum Gasteiger partial charge on any atom is 0.124 e. The summed E-state index contributed by atoms with van der Waals surface area (Å²) < 4.78 is 13.2. The molecule has 0 spiro atoms. The Morgan fingerprint density at radius 1 is 1.13 bits per heavy atom. The predicted molar refractivity (Wildman–Crippen MR) is 61.7 cm³/mol. The van der Waals surface area contributed by atoms with Gasteiger partial charge in [0, 0.05) is 22.0 Å². The zero-order chi connectivity index (χ0) is 11.2. The van der Waals surface area contributed by atoms with Gasteiger partial charge in [0.25, 0.3) is 0 Å². The van der Waals surface area contributed by atoms with E-state index >= 15 is 0 Å². The molecule has 0 atom stereocenters. The molecule has 2 aromatic rings. The quantitative estimate of drug-likeness (QED) is 0.671. The van der Waals surface area contributed by atoms with Crippen molar-refractivity contribution in [1.29, 1.82) is 0 Å². The Morgan fingerprint density at radius 2 is 1.80 bits per heavy atom. The number of H-pyrrole nitrogens is 1. The minimum atomic E-state index is -0.167. The van der Waals surface area contributed by atoms with Crippen LogP contribution in [0.4, 0.5) is 4.39 Å². The summed E-state index contributed by atoms with van der Waals surface area (Å²) in [6.45, 7) is 8.35. The van der Waals surface area contributed by atoms with Crippen molar-refractivity contribution in [2.75, 3.05) is 0 Å². The van der Waals surface area contributed by atoms with Gasteiger partial charge in [-0.25, -0.2) is 4.39 Å². The normalized spacial score (nSPS) is 12.3. The monoisotopic (exact) mass is 205 g/mol. The minimum absolute atomic E-state index is 0.0714. The highest BCUT2D eigenvalue weighted by molar-refractivity contribution is 5.83. The van der Waals surface area contributed by atoms with Gasteiger partial charge in [-0.15, -0.1) is 0 Å². The molecular weight excluding hydrogens is 189 g/mol. The second kappa shape index (κ2) is 3.09. The minimum Gasteiger partial charge on any atom is -0.358 e. The van der Waals surface area contributed by atoms with Crippen LogP contribution in [-0.4, -0.2) is 4.98 Å². The van der Waals surface area contributed by atoms with Gasteiger partial charge < -0.3 is 4.98 Å². The third-order valence-electron chi connectivity index (χ3n) is 2.70. The summed E-state index contributed by atoms with van der Waals surface area (Å²) in [4.78, 5) is 3.36. The van der Waals surface area contributed by atoms with Crippen LogP contribution < -0.4 is 0 Å². The van der Waals surface area contributed by atoms with Crippen LogP contribution in [0.15, 0.2) is 18.2 Å². The van der Waals surface area contributed by atoms with Gasteiger partial charge in [-0.3, -0.25) is 0 Å². The number of fused-ring (bicyclic) bond motifs is 1. The molecule has 0 radical (unpaired) electrons. The summed E-state index contributed by atoms with van der Waals surface area (Å²) in [5.74, 6) is -0.167. The number of aryl methyl sites for hydroxylation is 1. The summed E-state index contributed by atoms with van der Waals surface area (Å²) in [5, 5.41) is 0.956. The number of aromatic amines is 1. The highest BCUT2D eigenvalue weighted by atomic mass is 19.1. The van der Waals surface area contributed by atoms with Crippen LogP contribution in [-0.2, 0) is 5.41 Å². The fourth-order valence-electron chi connectivity index (χ4n) is 1.78. The van der Waals surface area contributed by atoms with E-state index in [2.05, 4.69) is 25.8 Å². The average Bonchev–Trinajstić information content (AvgIpc) is 2.46. The first-order valence-corrected chi connectivity index (χ1v) is 5.17. The molecule has 0 saturated carbocycles. The van der Waals surface area contributed by atoms with Crippen molar-refractivity contribution in [1.82, 2.24) is 4.98 Å². The Balaban J connectivity index is 2.71. The van der Waals surface area contributed by atoms with E-state index in [0.29, 0.717) is 0 Å². The molecule has 2 rings (SSSR count). The lowest BCUT2D eigenvalue weighted by atomic mass is 9.92. The lowest BCUT2D eigenvalue weighted by Gasteiger charge is -2.15. The average molecular weight is 205 g/mol. The van der Waals surface area contributed by atoms with Gasteiger partial charge in [-0.05, 0) is 30.7 Å². The van der Waals surface area contributed by atoms with Crippen LogP contribution in [0, 0.1) is 12.7 Å². The zero-order valence-electron chi connectivity index (χ0n) is 9.61. The molecule has 0 saturated heterocycles. The van der Waals surface area contributed by atoms with Crippen LogP contribution in [0.3, 0.4) is 0 Å². The molecule has 0 aliphatic rings. The Bertz CT molecular complexity index is 503. The largest absolute Gasteiger partial charge is 0.358 e. The van der Waals surface area contributed by atoms with E-state index in [4.69, 9.17) is 0 Å². The maximum absolute atomic E-state index is 13.2. The second-order valence-electron chi connectivity index (χ2n) is 5.12. The molecule has 1 heterocycles. The first-order chi connectivity index (χ1) is 6.88. The van der Waals surface area contributed by atoms with E-state index < -0.39 is 0 Å². The van der Waals surface area contributed by atoms with Gasteiger partial charge >= 0.3 is 0 Å². The van der Waals surface area contributed by atoms with Crippen LogP contribution in [0.2, 0.25) is 0 Å². The Kier molecular flexibility index (Phi) is 2.10. The molecule has 1 nitrogen and oxygen atoms in total. The van der Waals surface area contributed by atoms with E-state index in [1.54, 1.807) is 12.1 Å². The summed E-state index contributed by atoms with van der Waals surface area (Å²) in [6.07, 6.45) is 0. The fraction of sp³-hybridized carbons (Fsp3) is 0.385. The van der Waals surface area contributed by atoms with E-state index in [0.717, 1.165) is 22.2 Å². The molecule has 0 aliphatic carbocycles. The topological polar surface area (TPSA) is 15.8 Å². The number of hydrogen-bond acceptors (Lipinski definition) is 0. The third-order valence-corrected chi connectivity index (χ3v) is 2.70. The molecule has 0 fully saturated rings. The molecule has 80 valence electrons. The van der Waals surface area contributed by atoms with Crippen LogP contribution in [0.25, 0.3) is 10.9 Å². The van der Waals surface area contributed by atoms with Gasteiger partial charge in [0.1, 0.15) is 5.82 Å². The van der Waals surface area contributed by atoms with Crippen LogP contribution in [0.5, 0.6) is 0 Å². The SMILES string of the molecule is Cc1cc(F)cc2cc(C(C)(C)C)[nH]c12. The molecule has 1 N–H and O–H groups in total. The zero-order valence-corrected chi connectivity index (χ0v) is 9.61. The number of rotatable bonds is 0. The smallest absolute Gasteiger partial charge is 0.124 e. The number of nitrogens with one attached hydrogen (secondary N) is 1. The Morgan fingerprint density at radius 3 is 2.40 bits per heavy atom. The van der Waals surface area contributed by atoms with Crippen LogP contribution >= 0.6 is 0 Å². The third kappa shape index (κ3) is 1.76. The van der Waals surface area contributed by atoms with Crippen molar-refractivity contribution in [2.45, 2.75) is 33.1 Å². The summed E-state index contributed by atoms with van der Waals surface area (Å²) in [5.41, 5.74) is 3.22. The van der Waals surface area contributed by atoms with Gasteiger partial charge in [0.2, 0.25) is 0 Å². The van der Waals surface area contributed by atoms with E-state index in [1.165, 1.54) is 0 Å². The standard InChI is InChI=1S/C13H16FN/c1-8-5-10(14)6-9-7-11(13(2,3)4)15-12(8)9/h5-7,15H,1-4H3. The van der Waals surface area contributed by atoms with Gasteiger partial charge in [-0.2, -0.15) is 0 Å². The van der Waals surface area contributed by atoms with E-state index in [1.807, 2.05) is 13.0 Å². The first-order valence-electron chi connectivity index (χ1n) is 5.17. The van der Waals surface area contributed by atoms with Crippen molar-refractivity contribution in [2.24, 2.45) is 0 Å². The van der Waals surface area contributed by atoms with Crippen molar-refractivity contribution in [3.63, 3.8) is 0 Å². The summed E-state index contributed by atoms with van der Waals surface area (Å²) in [6, 6.07) is 5.17. The van der Waals surface area contributed by atoms with Crippen molar-refractivity contribution < 1.29 is 4.39 Å². The lowest BCUT2D eigenvalue weighted by molar-refractivity contribution is 0.574. The fourth-order valence-corrected chi connectivity index (χ4v) is 1.78. The van der Waals surface area contributed by atoms with Gasteiger partial charge in [-0.1, -0.05) is 20.8 Å². The molecule has 0 aliphatic heterocycles. The molecule has 2 heteroatoms. The summed E-state index contributed by atoms with van der Waals surface area (Å²) >= 11 is 0. The molecule has 15 heavy (non-hydrogen) atoms. The predicted octanol–water partition coefficient (Wildman–Crippen LogP) is 3.91. The molecule has 0 bridgehead atoms. The lowest BCUT2D eigenvalue weighted by Crippen LogP contribution is -2.11. The van der Waals surface area contributed by atoms with Crippen molar-refractivity contribution in [3.8, 4) is 0 Å². The Hall–Kier alpha value is -1.31. The number of hydrogen-bond donors (Lipinski definition) is 1. The Labute approximate surface area is 89.3 Å². The maximum atomic E-state index is 13.2. The number of benzene rings is 1. The van der Waals surface area contributed by atoms with E-state index in [9.17, 15) is 4.39 Å². The van der Waals surface area contributed by atoms with Crippen molar-refractivity contribution >= 4 is 10.9 Å². The van der Waals surface area contributed by atoms with Crippen molar-refractivity contribution in [3.05, 3.63) is 35.3 Å². The highest BCUT2D eigenvalue weighted by Gasteiger charge is 2.17. The molecule has 0 unspecified atom stereocenters. The molecule has 0 amide bonds. The number of aromatic nitrogens is 1. The summed E-state index contributed by atoms with van der Waals surface area (Å²) in [7, 11) is 0. The van der Waals surface area contributed by atoms with Gasteiger partial charge in [0.15, 0.2) is 0 Å². The molecule has 1 aromatic carbocycles. The van der Waals surface area contributed by atoms with E-state index in [-0.39, 0.29) is 11.2 Å². The van der Waals surface area contributed by atoms with Gasteiger partial charge in [0.05, 0.1) is 0 Å². The molecular formula is C13H16FN. The highest BCUT2D eigenvalue weighted by Crippen LogP contribution is 2.27.